The molecule has 1 saturated carbocycles. The Bertz CT molecular complexity index is 188. The molecule has 3 nitrogen and oxygen atoms in total. The fourth-order valence-electron chi connectivity index (χ4n) is 2.57. The summed E-state index contributed by atoms with van der Waals surface area (Å²) in [5.41, 5.74) is 0. The van der Waals surface area contributed by atoms with E-state index in [2.05, 4.69) is 17.1 Å². The van der Waals surface area contributed by atoms with Crippen LogP contribution in [0.5, 0.6) is 0 Å². The highest BCUT2D eigenvalue weighted by atomic mass is 16.5. The molecule has 0 aromatic heterocycles. The monoisotopic (exact) mass is 226 g/mol. The molecule has 2 aliphatic rings. The molecule has 2 rings (SSSR count). The van der Waals surface area contributed by atoms with Gasteiger partial charge in [-0.3, -0.25) is 4.90 Å². The maximum absolute atomic E-state index is 5.41. The van der Waals surface area contributed by atoms with Crippen LogP contribution in [0, 0.1) is 0 Å². The van der Waals surface area contributed by atoms with Gasteiger partial charge in [-0.2, -0.15) is 0 Å². The summed E-state index contributed by atoms with van der Waals surface area (Å²) in [6.07, 6.45) is 6.76. The van der Waals surface area contributed by atoms with Gasteiger partial charge in [-0.25, -0.2) is 0 Å². The second-order valence-corrected chi connectivity index (χ2v) is 5.07. The van der Waals surface area contributed by atoms with Gasteiger partial charge in [-0.05, 0) is 45.6 Å². The lowest BCUT2D eigenvalue weighted by atomic mass is 10.2. The first-order valence-corrected chi connectivity index (χ1v) is 6.95. The molecule has 1 heterocycles. The van der Waals surface area contributed by atoms with Crippen LogP contribution in [0.2, 0.25) is 0 Å². The van der Waals surface area contributed by atoms with Gasteiger partial charge in [0.15, 0.2) is 0 Å². The molecule has 0 amide bonds. The lowest BCUT2D eigenvalue weighted by molar-refractivity contribution is 0.128. The lowest BCUT2D eigenvalue weighted by Crippen LogP contribution is -2.39. The molecular formula is C13H26N2O. The molecule has 1 atom stereocenters. The largest absolute Gasteiger partial charge is 0.382 e. The Kier molecular flexibility index (Phi) is 5.07. The molecule has 1 saturated heterocycles. The maximum atomic E-state index is 5.41. The molecule has 1 unspecified atom stereocenters. The van der Waals surface area contributed by atoms with Crippen LogP contribution in [0.1, 0.15) is 39.0 Å². The smallest absolute Gasteiger partial charge is 0.0478 e. The van der Waals surface area contributed by atoms with Crippen LogP contribution in [0.4, 0.5) is 0 Å². The van der Waals surface area contributed by atoms with Crippen molar-refractivity contribution in [3.63, 3.8) is 0 Å². The molecule has 2 fully saturated rings. The van der Waals surface area contributed by atoms with Crippen LogP contribution in [-0.4, -0.2) is 49.8 Å². The minimum atomic E-state index is 0.757. The van der Waals surface area contributed by atoms with Gasteiger partial charge in [0, 0.05) is 38.4 Å². The van der Waals surface area contributed by atoms with Crippen molar-refractivity contribution < 1.29 is 4.74 Å². The molecule has 0 spiro atoms. The van der Waals surface area contributed by atoms with Crippen LogP contribution >= 0.6 is 0 Å². The molecule has 0 aromatic carbocycles. The van der Waals surface area contributed by atoms with Gasteiger partial charge in [0.25, 0.3) is 0 Å². The normalized spacial score (nSPS) is 25.5. The van der Waals surface area contributed by atoms with Gasteiger partial charge in [0.05, 0.1) is 0 Å². The van der Waals surface area contributed by atoms with Crippen LogP contribution in [-0.2, 0) is 4.74 Å². The zero-order chi connectivity index (χ0) is 11.2. The molecule has 1 aliphatic heterocycles. The average Bonchev–Trinajstić information content (AvgIpc) is 3.02. The first-order valence-electron chi connectivity index (χ1n) is 6.95. The molecule has 1 aliphatic carbocycles. The summed E-state index contributed by atoms with van der Waals surface area (Å²) < 4.78 is 5.41. The Balaban J connectivity index is 1.63. The minimum absolute atomic E-state index is 0.757. The van der Waals surface area contributed by atoms with E-state index < -0.39 is 0 Å². The number of nitrogens with one attached hydrogen (secondary N) is 1. The van der Waals surface area contributed by atoms with Gasteiger partial charge < -0.3 is 10.1 Å². The van der Waals surface area contributed by atoms with E-state index in [9.17, 15) is 0 Å². The quantitative estimate of drug-likeness (QED) is 0.637. The van der Waals surface area contributed by atoms with Crippen molar-refractivity contribution in [3.8, 4) is 0 Å². The highest BCUT2D eigenvalue weighted by Crippen LogP contribution is 2.27. The second-order valence-electron chi connectivity index (χ2n) is 5.07. The summed E-state index contributed by atoms with van der Waals surface area (Å²) in [7, 11) is 0. The van der Waals surface area contributed by atoms with Crippen molar-refractivity contribution in [1.82, 2.24) is 10.2 Å². The van der Waals surface area contributed by atoms with Crippen LogP contribution in [0.25, 0.3) is 0 Å². The Morgan fingerprint density at radius 2 is 2.19 bits per heavy atom. The SMILES string of the molecule is CCOCCCN(CC1CCCN1)C1CC1. The number of hydrogen-bond acceptors (Lipinski definition) is 3. The van der Waals surface area contributed by atoms with Gasteiger partial charge in [0.2, 0.25) is 0 Å². The van der Waals surface area contributed by atoms with E-state index in [1.165, 1.54) is 51.7 Å². The zero-order valence-electron chi connectivity index (χ0n) is 10.6. The molecule has 0 radical (unpaired) electrons. The van der Waals surface area contributed by atoms with Crippen LogP contribution in [0.3, 0.4) is 0 Å². The van der Waals surface area contributed by atoms with Crippen LogP contribution in [0.15, 0.2) is 0 Å². The molecule has 94 valence electrons. The summed E-state index contributed by atoms with van der Waals surface area (Å²) >= 11 is 0. The third-order valence-corrected chi connectivity index (χ3v) is 3.62. The highest BCUT2D eigenvalue weighted by Gasteiger charge is 2.30. The second kappa shape index (κ2) is 6.58. The van der Waals surface area contributed by atoms with Gasteiger partial charge >= 0.3 is 0 Å². The first kappa shape index (κ1) is 12.3. The maximum Gasteiger partial charge on any atom is 0.0478 e. The summed E-state index contributed by atoms with van der Waals surface area (Å²) in [6.45, 7) is 7.56. The summed E-state index contributed by atoms with van der Waals surface area (Å²) in [5.74, 6) is 0. The van der Waals surface area contributed by atoms with Gasteiger partial charge in [-0.15, -0.1) is 0 Å². The first-order chi connectivity index (χ1) is 7.90. The lowest BCUT2D eigenvalue weighted by Gasteiger charge is -2.25. The topological polar surface area (TPSA) is 24.5 Å². The van der Waals surface area contributed by atoms with Gasteiger partial charge in [-0.1, -0.05) is 0 Å². The fraction of sp³-hybridized carbons (Fsp3) is 1.00. The number of hydrogen-bond donors (Lipinski definition) is 1. The number of ether oxygens (including phenoxy) is 1. The van der Waals surface area contributed by atoms with E-state index in [1.807, 2.05) is 0 Å². The summed E-state index contributed by atoms with van der Waals surface area (Å²) in [4.78, 5) is 2.68. The Labute approximate surface area is 99.5 Å². The molecule has 1 N–H and O–H groups in total. The fourth-order valence-corrected chi connectivity index (χ4v) is 2.57. The Morgan fingerprint density at radius 1 is 1.31 bits per heavy atom. The van der Waals surface area contributed by atoms with E-state index in [4.69, 9.17) is 4.74 Å². The van der Waals surface area contributed by atoms with Crippen molar-refractivity contribution in [2.75, 3.05) is 32.8 Å². The Hall–Kier alpha value is -0.120. The third-order valence-electron chi connectivity index (χ3n) is 3.62. The van der Waals surface area contributed by atoms with Crippen molar-refractivity contribution in [3.05, 3.63) is 0 Å². The Morgan fingerprint density at radius 3 is 2.81 bits per heavy atom. The highest BCUT2D eigenvalue weighted by molar-refractivity contribution is 4.88. The third kappa shape index (κ3) is 4.04. The van der Waals surface area contributed by atoms with Crippen molar-refractivity contribution >= 4 is 0 Å². The zero-order valence-corrected chi connectivity index (χ0v) is 10.6. The molecule has 0 bridgehead atoms. The van der Waals surface area contributed by atoms with E-state index in [1.54, 1.807) is 0 Å². The minimum Gasteiger partial charge on any atom is -0.382 e. The van der Waals surface area contributed by atoms with E-state index >= 15 is 0 Å². The molecule has 0 aromatic rings. The van der Waals surface area contributed by atoms with E-state index in [-0.39, 0.29) is 0 Å². The summed E-state index contributed by atoms with van der Waals surface area (Å²) in [5, 5.41) is 3.60. The van der Waals surface area contributed by atoms with Crippen molar-refractivity contribution in [2.45, 2.75) is 51.1 Å². The molecular weight excluding hydrogens is 200 g/mol. The predicted molar refractivity (Wildman–Crippen MR) is 66.7 cm³/mol. The predicted octanol–water partition coefficient (Wildman–Crippen LogP) is 1.63. The van der Waals surface area contributed by atoms with Crippen LogP contribution < -0.4 is 5.32 Å². The molecule has 16 heavy (non-hydrogen) atoms. The van der Waals surface area contributed by atoms with Gasteiger partial charge in [0.1, 0.15) is 0 Å². The van der Waals surface area contributed by atoms with E-state index in [0.717, 1.165) is 25.3 Å². The van der Waals surface area contributed by atoms with E-state index in [0.29, 0.717) is 0 Å². The molecule has 3 heteroatoms. The average molecular weight is 226 g/mol. The summed E-state index contributed by atoms with van der Waals surface area (Å²) in [6, 6.07) is 1.65. The number of nitrogens with zero attached hydrogens (tertiary/aromatic N) is 1. The number of rotatable bonds is 8. The van der Waals surface area contributed by atoms with Crippen molar-refractivity contribution in [1.29, 1.82) is 0 Å². The van der Waals surface area contributed by atoms with Crippen molar-refractivity contribution in [2.24, 2.45) is 0 Å². The standard InChI is InChI=1S/C13H26N2O/c1-2-16-10-4-9-15(13-6-7-13)11-12-5-3-8-14-12/h12-14H,2-11H2,1H3.